The lowest BCUT2D eigenvalue weighted by Gasteiger charge is -2.27. The van der Waals surface area contributed by atoms with Gasteiger partial charge in [-0.05, 0) is 31.0 Å². The minimum absolute atomic E-state index is 0.0163. The van der Waals surface area contributed by atoms with Crippen molar-refractivity contribution >= 4 is 31.5 Å². The van der Waals surface area contributed by atoms with E-state index in [1.54, 1.807) is 0 Å². The second-order valence-electron chi connectivity index (χ2n) is 5.25. The average Bonchev–Trinajstić information content (AvgIpc) is 2.78. The van der Waals surface area contributed by atoms with Gasteiger partial charge in [0.05, 0.1) is 21.4 Å². The van der Waals surface area contributed by atoms with E-state index in [4.69, 9.17) is 11.6 Å². The maximum Gasteiger partial charge on any atom is 0.243 e. The summed E-state index contributed by atoms with van der Waals surface area (Å²) in [5, 5.41) is -0.281. The molecule has 2 rings (SSSR count). The second kappa shape index (κ2) is 6.43. The molecule has 1 unspecified atom stereocenters. The molecule has 1 atom stereocenters. The largest absolute Gasteiger partial charge is 0.243 e. The van der Waals surface area contributed by atoms with Gasteiger partial charge in [-0.25, -0.2) is 21.2 Å². The summed E-state index contributed by atoms with van der Waals surface area (Å²) in [5.41, 5.74) is 0. The van der Waals surface area contributed by atoms with Crippen molar-refractivity contribution in [2.24, 2.45) is 0 Å². The van der Waals surface area contributed by atoms with E-state index < -0.39 is 31.7 Å². The van der Waals surface area contributed by atoms with E-state index in [9.17, 15) is 21.2 Å². The first-order valence-electron chi connectivity index (χ1n) is 6.84. The smallest absolute Gasteiger partial charge is 0.229 e. The Labute approximate surface area is 135 Å². The zero-order valence-electron chi connectivity index (χ0n) is 12.0. The summed E-state index contributed by atoms with van der Waals surface area (Å²) in [5.74, 6) is -0.898. The highest BCUT2D eigenvalue weighted by atomic mass is 35.5. The van der Waals surface area contributed by atoms with Crippen LogP contribution in [0.5, 0.6) is 0 Å². The van der Waals surface area contributed by atoms with Crippen molar-refractivity contribution in [2.45, 2.75) is 30.7 Å². The number of halogens is 2. The molecule has 0 aromatic heterocycles. The van der Waals surface area contributed by atoms with Gasteiger partial charge in [0.2, 0.25) is 10.0 Å². The molecule has 124 valence electrons. The summed E-state index contributed by atoms with van der Waals surface area (Å²) in [7, 11) is -7.13. The summed E-state index contributed by atoms with van der Waals surface area (Å²) in [6.07, 6.45) is 0.821. The fourth-order valence-corrected chi connectivity index (χ4v) is 6.34. The van der Waals surface area contributed by atoms with Gasteiger partial charge in [-0.1, -0.05) is 18.5 Å². The van der Waals surface area contributed by atoms with Crippen LogP contribution in [0.25, 0.3) is 0 Å². The first-order chi connectivity index (χ1) is 10.2. The highest BCUT2D eigenvalue weighted by Crippen LogP contribution is 2.27. The minimum atomic E-state index is -3.92. The zero-order valence-corrected chi connectivity index (χ0v) is 14.4. The molecule has 9 heteroatoms. The molecular formula is C13H17ClFNO4S2. The molecule has 1 saturated heterocycles. The number of hydrogen-bond acceptors (Lipinski definition) is 4. The Balaban J connectivity index is 2.40. The van der Waals surface area contributed by atoms with E-state index in [2.05, 4.69) is 0 Å². The monoisotopic (exact) mass is 369 g/mol. The van der Waals surface area contributed by atoms with Crippen molar-refractivity contribution in [2.75, 3.05) is 18.1 Å². The van der Waals surface area contributed by atoms with Gasteiger partial charge in [0.1, 0.15) is 5.82 Å². The van der Waals surface area contributed by atoms with E-state index in [0.717, 1.165) is 18.2 Å². The Bertz CT molecular complexity index is 764. The lowest BCUT2D eigenvalue weighted by molar-refractivity contribution is 0.340. The molecule has 0 bridgehead atoms. The quantitative estimate of drug-likeness (QED) is 0.796. The number of sulfonamides is 1. The first-order valence-corrected chi connectivity index (χ1v) is 10.5. The molecule has 1 aromatic rings. The van der Waals surface area contributed by atoms with Crippen LogP contribution >= 0.6 is 11.6 Å². The van der Waals surface area contributed by atoms with Crippen LogP contribution in [-0.2, 0) is 19.9 Å². The molecule has 0 spiro atoms. The van der Waals surface area contributed by atoms with Crippen LogP contribution in [-0.4, -0.2) is 45.2 Å². The number of rotatable bonds is 5. The predicted octanol–water partition coefficient (Wildman–Crippen LogP) is 2.07. The van der Waals surface area contributed by atoms with Gasteiger partial charge >= 0.3 is 0 Å². The van der Waals surface area contributed by atoms with Crippen LogP contribution in [0.15, 0.2) is 23.1 Å². The number of benzene rings is 1. The van der Waals surface area contributed by atoms with Gasteiger partial charge in [0, 0.05) is 12.6 Å². The van der Waals surface area contributed by atoms with Gasteiger partial charge in [0.15, 0.2) is 9.84 Å². The maximum absolute atomic E-state index is 13.2. The lowest BCUT2D eigenvalue weighted by Crippen LogP contribution is -2.41. The topological polar surface area (TPSA) is 71.5 Å². The van der Waals surface area contributed by atoms with Crippen LogP contribution in [0.4, 0.5) is 4.39 Å². The van der Waals surface area contributed by atoms with E-state index in [1.165, 1.54) is 4.31 Å². The molecule has 0 saturated carbocycles. The number of hydrogen-bond donors (Lipinski definition) is 0. The summed E-state index contributed by atoms with van der Waals surface area (Å²) >= 11 is 5.65. The summed E-state index contributed by atoms with van der Waals surface area (Å²) in [6.45, 7) is 2.02. The molecular weight excluding hydrogens is 353 g/mol. The lowest BCUT2D eigenvalue weighted by atomic mass is 10.2. The minimum Gasteiger partial charge on any atom is -0.229 e. The molecule has 1 fully saturated rings. The SMILES string of the molecule is CCCN(C1CCS(=O)(=O)C1)S(=O)(=O)c1ccc(F)c(Cl)c1. The third-order valence-corrected chi connectivity index (χ3v) is 7.55. The van der Waals surface area contributed by atoms with Crippen molar-refractivity contribution in [3.63, 3.8) is 0 Å². The fourth-order valence-electron chi connectivity index (χ4n) is 2.49. The van der Waals surface area contributed by atoms with Gasteiger partial charge < -0.3 is 0 Å². The molecule has 0 radical (unpaired) electrons. The highest BCUT2D eigenvalue weighted by Gasteiger charge is 2.38. The molecule has 1 heterocycles. The van der Waals surface area contributed by atoms with Gasteiger partial charge in [-0.15, -0.1) is 0 Å². The Hall–Kier alpha value is -0.700. The molecule has 1 aromatic carbocycles. The normalized spacial score (nSPS) is 21.4. The van der Waals surface area contributed by atoms with Gasteiger partial charge in [0.25, 0.3) is 0 Å². The van der Waals surface area contributed by atoms with Crippen molar-refractivity contribution in [3.05, 3.63) is 29.0 Å². The highest BCUT2D eigenvalue weighted by molar-refractivity contribution is 7.92. The van der Waals surface area contributed by atoms with Crippen molar-refractivity contribution in [1.29, 1.82) is 0 Å². The Morgan fingerprint density at radius 1 is 1.41 bits per heavy atom. The fraction of sp³-hybridized carbons (Fsp3) is 0.538. The van der Waals surface area contributed by atoms with Gasteiger partial charge in [-0.3, -0.25) is 0 Å². The standard InChI is InChI=1S/C13H17ClFNO4S2/c1-2-6-16(10-5-7-21(17,18)9-10)22(19,20)11-3-4-13(15)12(14)8-11/h3-4,8,10H,2,5-7,9H2,1H3. The molecule has 0 N–H and O–H groups in total. The zero-order chi connectivity index (χ0) is 16.5. The molecule has 22 heavy (non-hydrogen) atoms. The number of nitrogens with zero attached hydrogens (tertiary/aromatic N) is 1. The van der Waals surface area contributed by atoms with Crippen LogP contribution in [0, 0.1) is 5.82 Å². The Morgan fingerprint density at radius 3 is 2.59 bits per heavy atom. The Morgan fingerprint density at radius 2 is 2.09 bits per heavy atom. The van der Waals surface area contributed by atoms with Crippen LogP contribution in [0.1, 0.15) is 19.8 Å². The predicted molar refractivity (Wildman–Crippen MR) is 82.7 cm³/mol. The van der Waals surface area contributed by atoms with Crippen LogP contribution in [0.3, 0.4) is 0 Å². The Kier molecular flexibility index (Phi) is 5.16. The molecule has 0 aliphatic carbocycles. The van der Waals surface area contributed by atoms with E-state index >= 15 is 0 Å². The van der Waals surface area contributed by atoms with E-state index in [0.29, 0.717) is 6.42 Å². The van der Waals surface area contributed by atoms with Crippen molar-refractivity contribution < 1.29 is 21.2 Å². The molecule has 1 aliphatic heterocycles. The third-order valence-electron chi connectivity index (χ3n) is 3.56. The molecule has 1 aliphatic rings. The summed E-state index contributed by atoms with van der Waals surface area (Å²) in [6, 6.07) is 2.60. The summed E-state index contributed by atoms with van der Waals surface area (Å²) in [4.78, 5) is -0.128. The van der Waals surface area contributed by atoms with Crippen molar-refractivity contribution in [3.8, 4) is 0 Å². The van der Waals surface area contributed by atoms with Gasteiger partial charge in [-0.2, -0.15) is 4.31 Å². The summed E-state index contributed by atoms with van der Waals surface area (Å²) < 4.78 is 63.1. The van der Waals surface area contributed by atoms with Crippen LogP contribution in [0.2, 0.25) is 5.02 Å². The number of sulfone groups is 1. The maximum atomic E-state index is 13.2. The van der Waals surface area contributed by atoms with Crippen LogP contribution < -0.4 is 0 Å². The molecule has 5 nitrogen and oxygen atoms in total. The molecule has 0 amide bonds. The first kappa shape index (κ1) is 17.7. The third kappa shape index (κ3) is 3.61. The van der Waals surface area contributed by atoms with Crippen molar-refractivity contribution in [1.82, 2.24) is 4.31 Å². The second-order valence-corrected chi connectivity index (χ2v) is 9.78. The van der Waals surface area contributed by atoms with E-state index in [-0.39, 0.29) is 34.4 Å². The van der Waals surface area contributed by atoms with E-state index in [1.807, 2.05) is 6.92 Å². The average molecular weight is 370 g/mol.